The topological polar surface area (TPSA) is 812 Å². The van der Waals surface area contributed by atoms with Crippen LogP contribution in [-0.2, 0) is 9.59 Å². The molecule has 1 aliphatic heterocycles. The van der Waals surface area contributed by atoms with Gasteiger partial charge in [-0.15, -0.1) is 0 Å². The normalized spacial score (nSPS) is 8.50. The Morgan fingerprint density at radius 3 is 0.500 bits per heavy atom. The third kappa shape index (κ3) is 606. The molecule has 372 valence electrons. The van der Waals surface area contributed by atoms with E-state index in [1.807, 2.05) is 0 Å². The van der Waals surface area contributed by atoms with Crippen LogP contribution in [0.25, 0.3) is 0 Å². The van der Waals surface area contributed by atoms with Crippen LogP contribution in [0.3, 0.4) is 0 Å². The minimum atomic E-state index is -2.17. The molecule has 0 radical (unpaired) electrons. The van der Waals surface area contributed by atoms with E-state index in [4.69, 9.17) is 186 Å². The van der Waals surface area contributed by atoms with Gasteiger partial charge in [0.1, 0.15) is 0 Å². The number of rotatable bonds is 1. The molecule has 0 bridgehead atoms. The number of benzene rings is 1. The van der Waals surface area contributed by atoms with Crippen LogP contribution >= 0.6 is 0 Å². The SMILES string of the molecule is O=C(O)c1ccccc1.O=C1CCC(=O)N1.OB(O)O.OB(O)O.OB(O)O.OB(O)O.OB(O)O.OB(O)O.OB(O)O.OB(O)O.OB(O)O.OB(O)O.OB(O)O.OB(O)O. The van der Waals surface area contributed by atoms with Gasteiger partial charge in [-0.05, 0) is 12.1 Å². The molecule has 1 aromatic rings. The summed E-state index contributed by atoms with van der Waals surface area (Å²) < 4.78 is 0. The third-order valence-electron chi connectivity index (χ3n) is 1.88. The van der Waals surface area contributed by atoms with Crippen molar-refractivity contribution in [1.82, 2.24) is 5.32 Å². The number of nitrogens with one attached hydrogen (secondary N) is 1. The molecule has 0 aromatic heterocycles. The maximum atomic E-state index is 10.2. The van der Waals surface area contributed by atoms with Crippen molar-refractivity contribution in [2.24, 2.45) is 0 Å². The standard InChI is InChI=1S/C7H6O2.C4H5NO2.12BH3O3/c8-7(9)6-4-2-1-3-5-6;6-3-1-2-4(7)5-3;12*2-1(3)4/h1-5H,(H,8,9);1-2H2,(H,5,6,7);12*2-4H. The summed E-state index contributed by atoms with van der Waals surface area (Å²) in [4.78, 5) is 30.4. The van der Waals surface area contributed by atoms with Gasteiger partial charge in [0.25, 0.3) is 0 Å². The smallest absolute Gasteiger partial charge is 0.478 e. The molecule has 1 saturated heterocycles. The number of amides is 2. The summed E-state index contributed by atoms with van der Waals surface area (Å²) in [6, 6.07) is 8.30. The Hall–Kier alpha value is -2.83. The number of hydrogen-bond donors (Lipinski definition) is 38. The van der Waals surface area contributed by atoms with Gasteiger partial charge in [-0.3, -0.25) is 14.9 Å². The molecule has 0 atom stereocenters. The average Bonchev–Trinajstić information content (AvgIpc) is 3.36. The Morgan fingerprint density at radius 2 is 0.438 bits per heavy atom. The third-order valence-corrected chi connectivity index (χ3v) is 1.88. The number of aromatic carboxylic acids is 1. The van der Waals surface area contributed by atoms with Crippen LogP contribution in [0.2, 0.25) is 0 Å². The van der Waals surface area contributed by atoms with E-state index in [9.17, 15) is 14.4 Å². The first-order chi connectivity index (χ1) is 28.4. The molecule has 41 nitrogen and oxygen atoms in total. The summed E-state index contributed by atoms with van der Waals surface area (Å²) >= 11 is 0. The second kappa shape index (κ2) is 74.5. The van der Waals surface area contributed by atoms with Gasteiger partial charge in [0.05, 0.1) is 5.56 Å². The lowest BCUT2D eigenvalue weighted by Crippen LogP contribution is -2.18. The van der Waals surface area contributed by atoms with Crippen LogP contribution in [-0.4, -0.2) is 292 Å². The minimum absolute atomic E-state index is 0.148. The highest BCUT2D eigenvalue weighted by Crippen LogP contribution is 1.96. The number of carbonyl (C=O) groups is 3. The monoisotopic (exact) mass is 965 g/mol. The predicted octanol–water partition coefficient (Wildman–Crippen LogP) is -23.8. The van der Waals surface area contributed by atoms with Crippen LogP contribution in [0.5, 0.6) is 0 Å². The van der Waals surface area contributed by atoms with E-state index in [0.717, 1.165) is 0 Å². The summed E-state index contributed by atoms with van der Waals surface area (Å²) in [5, 5.41) is 269. The molecule has 0 aliphatic carbocycles. The van der Waals surface area contributed by atoms with E-state index in [-0.39, 0.29) is 11.8 Å². The van der Waals surface area contributed by atoms with Gasteiger partial charge in [0, 0.05) is 12.8 Å². The van der Waals surface area contributed by atoms with Crippen LogP contribution in [0.1, 0.15) is 23.2 Å². The molecule has 0 saturated carbocycles. The fourth-order valence-corrected chi connectivity index (χ4v) is 1.09. The quantitative estimate of drug-likeness (QED) is 0.0918. The van der Waals surface area contributed by atoms with Gasteiger partial charge in [-0.1, -0.05) is 18.2 Å². The van der Waals surface area contributed by atoms with Gasteiger partial charge < -0.3 is 186 Å². The van der Waals surface area contributed by atoms with Crippen molar-refractivity contribution in [3.8, 4) is 0 Å². The van der Waals surface area contributed by atoms with Gasteiger partial charge in [0.2, 0.25) is 11.8 Å². The van der Waals surface area contributed by atoms with E-state index in [1.54, 1.807) is 30.3 Å². The zero-order valence-corrected chi connectivity index (χ0v) is 31.5. The van der Waals surface area contributed by atoms with Crippen molar-refractivity contribution in [1.29, 1.82) is 0 Å². The second-order valence-electron chi connectivity index (χ2n) is 7.30. The highest BCUT2D eigenvalue weighted by Gasteiger charge is 2.15. The molecule has 64 heavy (non-hydrogen) atoms. The van der Waals surface area contributed by atoms with Crippen molar-refractivity contribution in [3.05, 3.63) is 35.9 Å². The first-order valence-corrected chi connectivity index (χ1v) is 14.0. The van der Waals surface area contributed by atoms with Crippen molar-refractivity contribution in [2.45, 2.75) is 12.8 Å². The molecule has 2 amide bonds. The number of carboxylic acids is 1. The summed E-state index contributed by atoms with van der Waals surface area (Å²) in [5.74, 6) is -1.18. The van der Waals surface area contributed by atoms with Crippen molar-refractivity contribution in [3.63, 3.8) is 0 Å². The van der Waals surface area contributed by atoms with Gasteiger partial charge >= 0.3 is 93.8 Å². The largest absolute Gasteiger partial charge is 0.631 e. The van der Waals surface area contributed by atoms with Gasteiger partial charge in [-0.25, -0.2) is 4.79 Å². The zero-order valence-electron chi connectivity index (χ0n) is 31.5. The van der Waals surface area contributed by atoms with Crippen molar-refractivity contribution in [2.75, 3.05) is 0 Å². The molecule has 0 unspecified atom stereocenters. The molecule has 38 N–H and O–H groups in total. The lowest BCUT2D eigenvalue weighted by atomic mass is 10.2. The highest BCUT2D eigenvalue weighted by atomic mass is 16.6. The molecule has 1 heterocycles. The highest BCUT2D eigenvalue weighted by molar-refractivity contribution is 6.33. The van der Waals surface area contributed by atoms with Crippen LogP contribution in [0.15, 0.2) is 30.3 Å². The van der Waals surface area contributed by atoms with E-state index in [2.05, 4.69) is 5.32 Å². The van der Waals surface area contributed by atoms with E-state index >= 15 is 0 Å². The van der Waals surface area contributed by atoms with E-state index in [1.165, 1.54) is 0 Å². The average molecular weight is 963 g/mol. The molecule has 1 aromatic carbocycles. The fraction of sp³-hybridized carbons (Fsp3) is 0.182. The molecule has 2 rings (SSSR count). The molecule has 53 heteroatoms. The number of imide groups is 1. The number of hydrogen-bond acceptors (Lipinski definition) is 39. The molecule has 1 aliphatic rings. The van der Waals surface area contributed by atoms with Crippen molar-refractivity contribution < 1.29 is 200 Å². The fourth-order valence-electron chi connectivity index (χ4n) is 1.09. The zero-order chi connectivity index (χ0) is 54.9. The van der Waals surface area contributed by atoms with Crippen LogP contribution in [0.4, 0.5) is 0 Å². The Bertz CT molecular complexity index is 795. The van der Waals surface area contributed by atoms with E-state index in [0.29, 0.717) is 18.4 Å². The van der Waals surface area contributed by atoms with E-state index < -0.39 is 93.8 Å². The summed E-state index contributed by atoms with van der Waals surface area (Å²) in [6.07, 6.45) is 0.748. The Morgan fingerprint density at radius 1 is 0.312 bits per heavy atom. The molecular formula is C11H47B12NO40. The summed E-state index contributed by atoms with van der Waals surface area (Å²) in [7, 11) is -26.0. The number of carboxylic acid groups (broad SMARTS) is 1. The maximum Gasteiger partial charge on any atom is 0.631 e. The Labute approximate surface area is 360 Å². The maximum absolute atomic E-state index is 10.2. The lowest BCUT2D eigenvalue weighted by molar-refractivity contribution is -0.124. The summed E-state index contributed by atoms with van der Waals surface area (Å²) in [5.41, 5.74) is 0.331. The molecular weight excluding hydrogens is 916 g/mol. The first-order valence-electron chi connectivity index (χ1n) is 14.0. The van der Waals surface area contributed by atoms with Crippen molar-refractivity contribution >= 4 is 106 Å². The predicted molar refractivity (Wildman–Crippen MR) is 205 cm³/mol. The number of carbonyl (C=O) groups excluding carboxylic acids is 2. The summed E-state index contributed by atoms with van der Waals surface area (Å²) in [6.45, 7) is 0. The Balaban J connectivity index is -0.0000000461. The molecule has 0 spiro atoms. The lowest BCUT2D eigenvalue weighted by Gasteiger charge is -1.88. The first kappa shape index (κ1) is 91.6. The van der Waals surface area contributed by atoms with Crippen LogP contribution < -0.4 is 5.32 Å². The molecule has 1 fully saturated rings. The second-order valence-corrected chi connectivity index (χ2v) is 7.30. The van der Waals surface area contributed by atoms with Gasteiger partial charge in [0.15, 0.2) is 0 Å². The van der Waals surface area contributed by atoms with Gasteiger partial charge in [-0.2, -0.15) is 0 Å². The Kier molecular flexibility index (Phi) is 107. The van der Waals surface area contributed by atoms with Crippen LogP contribution in [0, 0.1) is 0 Å². The minimum Gasteiger partial charge on any atom is -0.478 e.